The molecule has 1 N–H and O–H groups in total. The molecule has 1 aromatic carbocycles. The summed E-state index contributed by atoms with van der Waals surface area (Å²) in [5, 5.41) is 3.02. The van der Waals surface area contributed by atoms with E-state index in [2.05, 4.69) is 64.2 Å². The summed E-state index contributed by atoms with van der Waals surface area (Å²) in [7, 11) is -8.86. The van der Waals surface area contributed by atoms with Crippen LogP contribution in [0.3, 0.4) is 0 Å². The van der Waals surface area contributed by atoms with Gasteiger partial charge in [-0.2, -0.15) is 0 Å². The Balaban J connectivity index is 3.12. The number of hydrogen-bond donors (Lipinski definition) is 1. The topological polar surface area (TPSA) is 56.8 Å². The molecule has 0 saturated heterocycles. The predicted molar refractivity (Wildman–Crippen MR) is 118 cm³/mol. The fourth-order valence-electron chi connectivity index (χ4n) is 2.45. The van der Waals surface area contributed by atoms with E-state index < -0.39 is 33.8 Å². The Morgan fingerprint density at radius 3 is 1.50 bits per heavy atom. The molecule has 1 aromatic rings. The second-order valence-corrected chi connectivity index (χ2v) is 26.2. The number of hydrogen-bond acceptors (Lipinski definition) is 4. The first-order valence-electron chi connectivity index (χ1n) is 9.05. The van der Waals surface area contributed by atoms with Crippen molar-refractivity contribution >= 4 is 39.7 Å². The van der Waals surface area contributed by atoms with Gasteiger partial charge in [0.05, 0.1) is 6.17 Å². The average molecular weight is 430 g/mol. The van der Waals surface area contributed by atoms with E-state index in [4.69, 9.17) is 12.3 Å². The third-order valence-corrected chi connectivity index (χ3v) is 14.6. The van der Waals surface area contributed by atoms with Crippen LogP contribution in [0.2, 0.25) is 58.9 Å². The lowest BCUT2D eigenvalue weighted by atomic mass is 10.2. The van der Waals surface area contributed by atoms with Crippen LogP contribution in [0.4, 0.5) is 0 Å². The monoisotopic (exact) mass is 429 g/mol. The van der Waals surface area contributed by atoms with E-state index in [-0.39, 0.29) is 5.91 Å². The van der Waals surface area contributed by atoms with Crippen molar-refractivity contribution in [3.05, 3.63) is 35.9 Å². The lowest BCUT2D eigenvalue weighted by Gasteiger charge is -2.42. The molecule has 148 valence electrons. The summed E-state index contributed by atoms with van der Waals surface area (Å²) in [5.41, 5.74) is 0.629. The fourth-order valence-corrected chi connectivity index (χ4v) is 16.5. The standard InChI is InChI=1S/C17H35NO4Si4/c1-23(2,3)20-26(21-24(4,5)6,22-25(7,8)9)15-18-17(19)16-13-11-10-12-14-16/h10-14H,15H2,1-9H3,(H,18,19). The van der Waals surface area contributed by atoms with E-state index in [1.165, 1.54) is 0 Å². The summed E-state index contributed by atoms with van der Waals surface area (Å²) < 4.78 is 19.7. The van der Waals surface area contributed by atoms with Gasteiger partial charge in [0.2, 0.25) is 0 Å². The smallest absolute Gasteiger partial charge is 0.416 e. The van der Waals surface area contributed by atoms with E-state index in [1.807, 2.05) is 18.2 Å². The molecule has 1 rings (SSSR count). The molecule has 0 saturated carbocycles. The molecule has 0 aliphatic heterocycles. The molecule has 1 amide bonds. The highest BCUT2D eigenvalue weighted by molar-refractivity contribution is 6.90. The predicted octanol–water partition coefficient (Wildman–Crippen LogP) is 4.45. The Morgan fingerprint density at radius 2 is 1.15 bits per heavy atom. The normalized spacial score (nSPS) is 13.6. The Labute approximate surface area is 163 Å². The van der Waals surface area contributed by atoms with Gasteiger partial charge in [-0.1, -0.05) is 18.2 Å². The highest BCUT2D eigenvalue weighted by Gasteiger charge is 2.50. The zero-order valence-electron chi connectivity index (χ0n) is 17.7. The van der Waals surface area contributed by atoms with Gasteiger partial charge in [0, 0.05) is 5.56 Å². The van der Waals surface area contributed by atoms with Crippen LogP contribution in [0.25, 0.3) is 0 Å². The van der Waals surface area contributed by atoms with Gasteiger partial charge in [-0.25, -0.2) is 0 Å². The van der Waals surface area contributed by atoms with Crippen LogP contribution >= 0.6 is 0 Å². The summed E-state index contributed by atoms with van der Waals surface area (Å²) in [4.78, 5) is 12.6. The van der Waals surface area contributed by atoms with E-state index in [1.54, 1.807) is 12.1 Å². The van der Waals surface area contributed by atoms with Crippen molar-refractivity contribution in [2.75, 3.05) is 6.17 Å². The fraction of sp³-hybridized carbons (Fsp3) is 0.588. The van der Waals surface area contributed by atoms with Crippen molar-refractivity contribution in [3.63, 3.8) is 0 Å². The summed E-state index contributed by atoms with van der Waals surface area (Å²) in [5.74, 6) is -0.125. The van der Waals surface area contributed by atoms with E-state index in [0.29, 0.717) is 11.7 Å². The summed E-state index contributed by atoms with van der Waals surface area (Å²) >= 11 is 0. The maximum Gasteiger partial charge on any atom is 0.489 e. The Hall–Kier alpha value is -0.562. The highest BCUT2D eigenvalue weighted by atomic mass is 28.5. The molecular weight excluding hydrogens is 395 g/mol. The van der Waals surface area contributed by atoms with Crippen LogP contribution in [0.15, 0.2) is 30.3 Å². The Kier molecular flexibility index (Phi) is 7.79. The molecule has 0 heterocycles. The van der Waals surface area contributed by atoms with E-state index in [9.17, 15) is 4.79 Å². The zero-order valence-corrected chi connectivity index (χ0v) is 21.7. The highest BCUT2D eigenvalue weighted by Crippen LogP contribution is 2.25. The van der Waals surface area contributed by atoms with Gasteiger partial charge >= 0.3 is 8.80 Å². The number of benzene rings is 1. The van der Waals surface area contributed by atoms with Gasteiger partial charge in [0.1, 0.15) is 0 Å². The molecule has 5 nitrogen and oxygen atoms in total. The maximum absolute atomic E-state index is 12.6. The van der Waals surface area contributed by atoms with Crippen LogP contribution in [-0.4, -0.2) is 45.8 Å². The number of carbonyl (C=O) groups excluding carboxylic acids is 1. The van der Waals surface area contributed by atoms with Crippen molar-refractivity contribution in [3.8, 4) is 0 Å². The Morgan fingerprint density at radius 1 is 0.769 bits per heavy atom. The van der Waals surface area contributed by atoms with Crippen molar-refractivity contribution in [2.45, 2.75) is 58.9 Å². The SMILES string of the molecule is C[Si](C)(C)O[Si](CNC(=O)c1ccccc1)(O[Si](C)(C)C)O[Si](C)(C)C. The molecule has 0 radical (unpaired) electrons. The number of rotatable bonds is 9. The second kappa shape index (κ2) is 8.63. The Bertz CT molecular complexity index is 551. The summed E-state index contributed by atoms with van der Waals surface area (Å²) in [6.45, 7) is 19.2. The maximum atomic E-state index is 12.6. The van der Waals surface area contributed by atoms with Crippen LogP contribution in [0, 0.1) is 0 Å². The van der Waals surface area contributed by atoms with Gasteiger partial charge in [0.25, 0.3) is 5.91 Å². The van der Waals surface area contributed by atoms with Crippen molar-refractivity contribution in [1.82, 2.24) is 5.32 Å². The van der Waals surface area contributed by atoms with Gasteiger partial charge < -0.3 is 17.7 Å². The number of carbonyl (C=O) groups is 1. The average Bonchev–Trinajstić information content (AvgIpc) is 2.40. The molecule has 26 heavy (non-hydrogen) atoms. The van der Waals surface area contributed by atoms with Crippen LogP contribution in [0.5, 0.6) is 0 Å². The molecule has 0 aromatic heterocycles. The number of nitrogens with one attached hydrogen (secondary N) is 1. The lowest BCUT2D eigenvalue weighted by Crippen LogP contribution is -2.65. The van der Waals surface area contributed by atoms with Gasteiger partial charge in [-0.05, 0) is 71.1 Å². The number of amides is 1. The van der Waals surface area contributed by atoms with Crippen LogP contribution in [-0.2, 0) is 12.3 Å². The molecule has 9 heteroatoms. The van der Waals surface area contributed by atoms with E-state index >= 15 is 0 Å². The molecule has 0 fully saturated rings. The first-order valence-corrected chi connectivity index (χ1v) is 21.2. The molecule has 0 spiro atoms. The second-order valence-electron chi connectivity index (χ2n) is 9.38. The van der Waals surface area contributed by atoms with Crippen LogP contribution < -0.4 is 5.32 Å². The summed E-state index contributed by atoms with van der Waals surface area (Å²) in [6, 6.07) is 9.21. The molecule has 0 aliphatic carbocycles. The molecule has 0 atom stereocenters. The summed E-state index contributed by atoms with van der Waals surface area (Å²) in [6.07, 6.45) is 0.305. The minimum atomic E-state index is -3.04. The minimum absolute atomic E-state index is 0.125. The molecule has 0 aliphatic rings. The molecular formula is C17H35NO4Si4. The van der Waals surface area contributed by atoms with Crippen LogP contribution in [0.1, 0.15) is 10.4 Å². The largest absolute Gasteiger partial charge is 0.489 e. The van der Waals surface area contributed by atoms with Gasteiger partial charge in [-0.15, -0.1) is 0 Å². The molecule has 0 unspecified atom stereocenters. The first kappa shape index (κ1) is 23.5. The van der Waals surface area contributed by atoms with Crippen molar-refractivity contribution in [2.24, 2.45) is 0 Å². The third-order valence-electron chi connectivity index (χ3n) is 2.89. The van der Waals surface area contributed by atoms with Crippen molar-refractivity contribution < 1.29 is 17.1 Å². The van der Waals surface area contributed by atoms with E-state index in [0.717, 1.165) is 0 Å². The minimum Gasteiger partial charge on any atom is -0.416 e. The van der Waals surface area contributed by atoms with Crippen molar-refractivity contribution in [1.29, 1.82) is 0 Å². The quantitative estimate of drug-likeness (QED) is 0.589. The van der Waals surface area contributed by atoms with Gasteiger partial charge in [-0.3, -0.25) is 4.79 Å². The zero-order chi connectivity index (χ0) is 20.2. The lowest BCUT2D eigenvalue weighted by molar-refractivity contribution is 0.0950. The first-order chi connectivity index (χ1) is 11.6. The molecule has 0 bridgehead atoms. The third kappa shape index (κ3) is 9.40. The van der Waals surface area contributed by atoms with Gasteiger partial charge in [0.15, 0.2) is 25.0 Å².